The first-order chi connectivity index (χ1) is 14.2. The van der Waals surface area contributed by atoms with E-state index in [1.165, 1.54) is 30.1 Å². The molecule has 0 radical (unpaired) electrons. The number of nitrogens with one attached hydrogen (secondary N) is 1. The number of halogens is 1. The van der Waals surface area contributed by atoms with Crippen LogP contribution < -0.4 is 9.62 Å². The van der Waals surface area contributed by atoms with Crippen molar-refractivity contribution in [1.29, 1.82) is 0 Å². The molecule has 0 fully saturated rings. The molecule has 0 spiro atoms. The van der Waals surface area contributed by atoms with E-state index in [2.05, 4.69) is 5.32 Å². The minimum absolute atomic E-state index is 0.0403. The summed E-state index contributed by atoms with van der Waals surface area (Å²) < 4.78 is 39.2. The third-order valence-corrected chi connectivity index (χ3v) is 5.74. The average Bonchev–Trinajstić information content (AvgIpc) is 2.71. The molecular weight excluding hydrogens is 409 g/mol. The second-order valence-electron chi connectivity index (χ2n) is 6.80. The SMILES string of the molecule is CC[C@H](C(=O)NC)N(Cc1ccccc1)C(=O)CN(c1cccc(F)c1)S(C)(=O)=O. The maximum atomic E-state index is 13.7. The molecule has 0 saturated heterocycles. The molecule has 1 N–H and O–H groups in total. The van der Waals surface area contributed by atoms with Gasteiger partial charge in [0.05, 0.1) is 11.9 Å². The average molecular weight is 436 g/mol. The number of nitrogens with zero attached hydrogens (tertiary/aromatic N) is 2. The summed E-state index contributed by atoms with van der Waals surface area (Å²) in [6.45, 7) is 1.35. The fourth-order valence-corrected chi connectivity index (χ4v) is 3.95. The van der Waals surface area contributed by atoms with Crippen molar-refractivity contribution in [3.05, 3.63) is 66.0 Å². The molecule has 7 nitrogen and oxygen atoms in total. The van der Waals surface area contributed by atoms with Gasteiger partial charge in [0.1, 0.15) is 18.4 Å². The minimum atomic E-state index is -3.88. The van der Waals surface area contributed by atoms with Crippen molar-refractivity contribution in [3.8, 4) is 0 Å². The molecule has 0 aromatic heterocycles. The van der Waals surface area contributed by atoms with E-state index in [1.807, 2.05) is 30.3 Å². The Bertz CT molecular complexity index is 983. The topological polar surface area (TPSA) is 86.8 Å². The van der Waals surface area contributed by atoms with Crippen molar-refractivity contribution < 1.29 is 22.4 Å². The van der Waals surface area contributed by atoms with E-state index in [0.29, 0.717) is 6.42 Å². The van der Waals surface area contributed by atoms with Gasteiger partial charge in [0.25, 0.3) is 0 Å². The lowest BCUT2D eigenvalue weighted by molar-refractivity contribution is -0.140. The Hall–Kier alpha value is -2.94. The molecule has 0 saturated carbocycles. The van der Waals surface area contributed by atoms with Crippen LogP contribution in [0.15, 0.2) is 54.6 Å². The smallest absolute Gasteiger partial charge is 0.244 e. The van der Waals surface area contributed by atoms with Gasteiger partial charge in [-0.25, -0.2) is 12.8 Å². The van der Waals surface area contributed by atoms with E-state index in [9.17, 15) is 22.4 Å². The lowest BCUT2D eigenvalue weighted by Crippen LogP contribution is -2.51. The van der Waals surface area contributed by atoms with Crippen molar-refractivity contribution in [2.45, 2.75) is 25.9 Å². The van der Waals surface area contributed by atoms with Crippen LogP contribution in [0.2, 0.25) is 0 Å². The van der Waals surface area contributed by atoms with E-state index in [-0.39, 0.29) is 18.1 Å². The predicted molar refractivity (Wildman–Crippen MR) is 114 cm³/mol. The summed E-state index contributed by atoms with van der Waals surface area (Å²) >= 11 is 0. The first kappa shape index (κ1) is 23.3. The van der Waals surface area contributed by atoms with Crippen LogP contribution in [0.5, 0.6) is 0 Å². The van der Waals surface area contributed by atoms with E-state index in [0.717, 1.165) is 22.2 Å². The Kier molecular flexibility index (Phi) is 7.93. The molecule has 2 amide bonds. The molecule has 9 heteroatoms. The Balaban J connectivity index is 2.40. The summed E-state index contributed by atoms with van der Waals surface area (Å²) in [5.74, 6) is -1.53. The zero-order valence-corrected chi connectivity index (χ0v) is 18.0. The molecule has 0 heterocycles. The molecule has 0 unspecified atom stereocenters. The highest BCUT2D eigenvalue weighted by Gasteiger charge is 2.31. The maximum Gasteiger partial charge on any atom is 0.244 e. The number of rotatable bonds is 9. The number of sulfonamides is 1. The van der Waals surface area contributed by atoms with Crippen molar-refractivity contribution in [2.75, 3.05) is 24.2 Å². The number of anilines is 1. The van der Waals surface area contributed by atoms with Crippen molar-refractivity contribution in [2.24, 2.45) is 0 Å². The van der Waals surface area contributed by atoms with Crippen LogP contribution in [0.1, 0.15) is 18.9 Å². The highest BCUT2D eigenvalue weighted by molar-refractivity contribution is 7.92. The molecule has 0 bridgehead atoms. The van der Waals surface area contributed by atoms with E-state index >= 15 is 0 Å². The maximum absolute atomic E-state index is 13.7. The van der Waals surface area contributed by atoms with Crippen molar-refractivity contribution in [3.63, 3.8) is 0 Å². The fraction of sp³-hybridized carbons (Fsp3) is 0.333. The number of hydrogen-bond acceptors (Lipinski definition) is 4. The Morgan fingerprint density at radius 3 is 2.30 bits per heavy atom. The number of hydrogen-bond donors (Lipinski definition) is 1. The van der Waals surface area contributed by atoms with Crippen molar-refractivity contribution in [1.82, 2.24) is 10.2 Å². The third kappa shape index (κ3) is 6.03. The van der Waals surface area contributed by atoms with Gasteiger partial charge in [-0.15, -0.1) is 0 Å². The van der Waals surface area contributed by atoms with E-state index in [1.54, 1.807) is 6.92 Å². The monoisotopic (exact) mass is 435 g/mol. The Morgan fingerprint density at radius 2 is 1.77 bits per heavy atom. The van der Waals surface area contributed by atoms with Gasteiger partial charge in [-0.05, 0) is 30.2 Å². The van der Waals surface area contributed by atoms with Crippen LogP contribution in [0, 0.1) is 5.82 Å². The summed E-state index contributed by atoms with van der Waals surface area (Å²) in [7, 11) is -2.40. The number of amides is 2. The zero-order valence-electron chi connectivity index (χ0n) is 17.2. The molecule has 2 aromatic rings. The Labute approximate surface area is 176 Å². The van der Waals surface area contributed by atoms with Crippen LogP contribution >= 0.6 is 0 Å². The summed E-state index contributed by atoms with van der Waals surface area (Å²) in [5.41, 5.74) is 0.836. The van der Waals surface area contributed by atoms with Crippen LogP contribution in [0.4, 0.5) is 10.1 Å². The van der Waals surface area contributed by atoms with Crippen LogP contribution in [-0.2, 0) is 26.2 Å². The molecule has 0 aliphatic carbocycles. The summed E-state index contributed by atoms with van der Waals surface area (Å²) in [5, 5.41) is 2.55. The standard InChI is InChI=1S/C21H26FN3O4S/c1-4-19(21(27)23-2)24(14-16-9-6-5-7-10-16)20(26)15-25(30(3,28)29)18-12-8-11-17(22)13-18/h5-13,19H,4,14-15H2,1-3H3,(H,23,27)/t19-/m1/s1. The molecule has 0 aliphatic heterocycles. The van der Waals surface area contributed by atoms with Gasteiger partial charge < -0.3 is 10.2 Å². The Morgan fingerprint density at radius 1 is 1.10 bits per heavy atom. The lowest BCUT2D eigenvalue weighted by Gasteiger charge is -2.32. The van der Waals surface area contributed by atoms with Crippen molar-refractivity contribution >= 4 is 27.5 Å². The quantitative estimate of drug-likeness (QED) is 0.654. The number of carbonyl (C=O) groups is 2. The zero-order chi connectivity index (χ0) is 22.3. The van der Waals surface area contributed by atoms with Gasteiger partial charge >= 0.3 is 0 Å². The normalized spacial score (nSPS) is 12.1. The second kappa shape index (κ2) is 10.2. The van der Waals surface area contributed by atoms with E-state index < -0.39 is 34.3 Å². The van der Waals surface area contributed by atoms with Gasteiger partial charge in [-0.1, -0.05) is 43.3 Å². The van der Waals surface area contributed by atoms with Gasteiger partial charge in [0, 0.05) is 13.6 Å². The summed E-state index contributed by atoms with van der Waals surface area (Å²) in [6.07, 6.45) is 1.29. The number of carbonyl (C=O) groups excluding carboxylic acids is 2. The third-order valence-electron chi connectivity index (χ3n) is 4.60. The highest BCUT2D eigenvalue weighted by Crippen LogP contribution is 2.20. The predicted octanol–water partition coefficient (Wildman–Crippen LogP) is 2.15. The van der Waals surface area contributed by atoms with Gasteiger partial charge in [-0.2, -0.15) is 0 Å². The fourth-order valence-electron chi connectivity index (χ4n) is 3.11. The molecule has 162 valence electrons. The second-order valence-corrected chi connectivity index (χ2v) is 8.70. The minimum Gasteiger partial charge on any atom is -0.357 e. The lowest BCUT2D eigenvalue weighted by atomic mass is 10.1. The van der Waals surface area contributed by atoms with Crippen LogP contribution in [0.25, 0.3) is 0 Å². The molecular formula is C21H26FN3O4S. The summed E-state index contributed by atoms with van der Waals surface area (Å²) in [4.78, 5) is 27.0. The molecule has 1 atom stereocenters. The molecule has 0 aliphatic rings. The largest absolute Gasteiger partial charge is 0.357 e. The highest BCUT2D eigenvalue weighted by atomic mass is 32.2. The van der Waals surface area contributed by atoms with Gasteiger partial charge in [-0.3, -0.25) is 13.9 Å². The van der Waals surface area contributed by atoms with Crippen LogP contribution in [-0.4, -0.2) is 51.0 Å². The molecule has 30 heavy (non-hydrogen) atoms. The number of likely N-dealkylation sites (N-methyl/N-ethyl adjacent to an activating group) is 1. The summed E-state index contributed by atoms with van der Waals surface area (Å²) in [6, 6.07) is 13.3. The van der Waals surface area contributed by atoms with Gasteiger partial charge in [0.15, 0.2) is 0 Å². The molecule has 2 aromatic carbocycles. The number of benzene rings is 2. The van der Waals surface area contributed by atoms with E-state index in [4.69, 9.17) is 0 Å². The van der Waals surface area contributed by atoms with Crippen LogP contribution in [0.3, 0.4) is 0 Å². The molecule has 2 rings (SSSR count). The first-order valence-electron chi connectivity index (χ1n) is 9.45. The first-order valence-corrected chi connectivity index (χ1v) is 11.3. The van der Waals surface area contributed by atoms with Gasteiger partial charge in [0.2, 0.25) is 21.8 Å².